The highest BCUT2D eigenvalue weighted by molar-refractivity contribution is 5.89. The second-order valence-electron chi connectivity index (χ2n) is 4.23. The predicted octanol–water partition coefficient (Wildman–Crippen LogP) is 3.38. The molecule has 1 atom stereocenters. The highest BCUT2D eigenvalue weighted by Gasteiger charge is 2.32. The normalized spacial score (nSPS) is 18.8. The number of nitrogens with zero attached hydrogens (tertiary/aromatic N) is 1. The van der Waals surface area contributed by atoms with Gasteiger partial charge < -0.3 is 4.74 Å². The number of carbonyl (C=O) groups excluding carboxylic acids is 1. The highest BCUT2D eigenvalue weighted by Crippen LogP contribution is 2.29. The van der Waals surface area contributed by atoms with Crippen molar-refractivity contribution in [1.82, 2.24) is 0 Å². The summed E-state index contributed by atoms with van der Waals surface area (Å²) in [5.41, 5.74) is 1.91. The Labute approximate surface area is 106 Å². The van der Waals surface area contributed by atoms with Gasteiger partial charge in [0.2, 0.25) is 0 Å². The van der Waals surface area contributed by atoms with Gasteiger partial charge in [-0.25, -0.2) is 4.79 Å². The summed E-state index contributed by atoms with van der Waals surface area (Å²) in [6.45, 7) is 0.562. The first-order valence-corrected chi connectivity index (χ1v) is 5.93. The van der Waals surface area contributed by atoms with Crippen LogP contribution in [0.5, 0.6) is 0 Å². The molecule has 2 aromatic rings. The molecule has 0 spiro atoms. The standard InChI is InChI=1S/C15H13NO2/c17-15-16(13-9-5-2-6-10-13)11-14(18-15)12-7-3-1-4-8-12/h1-10,14H,11H2. The SMILES string of the molecule is O=C1OC(c2ccccc2)CN1c1ccccc1. The maximum Gasteiger partial charge on any atom is 0.415 e. The zero-order chi connectivity index (χ0) is 12.4. The molecule has 0 N–H and O–H groups in total. The Morgan fingerprint density at radius 1 is 0.944 bits per heavy atom. The molecule has 2 aromatic carbocycles. The smallest absolute Gasteiger partial charge is 0.415 e. The minimum absolute atomic E-state index is 0.182. The molecule has 1 fully saturated rings. The molecule has 1 unspecified atom stereocenters. The fourth-order valence-electron chi connectivity index (χ4n) is 2.12. The van der Waals surface area contributed by atoms with Crippen molar-refractivity contribution in [2.75, 3.05) is 11.4 Å². The molecule has 3 nitrogen and oxygen atoms in total. The van der Waals surface area contributed by atoms with Crippen LogP contribution < -0.4 is 4.90 Å². The molecular weight excluding hydrogens is 226 g/mol. The number of para-hydroxylation sites is 1. The molecule has 0 radical (unpaired) electrons. The predicted molar refractivity (Wildman–Crippen MR) is 69.5 cm³/mol. The Kier molecular flexibility index (Phi) is 2.73. The number of cyclic esters (lactones) is 1. The lowest BCUT2D eigenvalue weighted by atomic mass is 10.1. The van der Waals surface area contributed by atoms with Crippen LogP contribution in [0.3, 0.4) is 0 Å². The van der Waals surface area contributed by atoms with Crippen molar-refractivity contribution in [3.05, 3.63) is 66.2 Å². The molecule has 0 aromatic heterocycles. The van der Waals surface area contributed by atoms with E-state index in [4.69, 9.17) is 4.74 Å². The molecule has 3 heteroatoms. The zero-order valence-corrected chi connectivity index (χ0v) is 9.82. The Morgan fingerprint density at radius 3 is 2.22 bits per heavy atom. The van der Waals surface area contributed by atoms with Crippen molar-refractivity contribution in [1.29, 1.82) is 0 Å². The molecule has 0 saturated carbocycles. The van der Waals surface area contributed by atoms with E-state index in [1.807, 2.05) is 60.7 Å². The lowest BCUT2D eigenvalue weighted by Gasteiger charge is -2.12. The van der Waals surface area contributed by atoms with Crippen LogP contribution in [0.25, 0.3) is 0 Å². The average molecular weight is 239 g/mol. The molecule has 18 heavy (non-hydrogen) atoms. The second-order valence-corrected chi connectivity index (χ2v) is 4.23. The van der Waals surface area contributed by atoms with Crippen LogP contribution in [0.2, 0.25) is 0 Å². The van der Waals surface area contributed by atoms with E-state index in [1.165, 1.54) is 0 Å². The van der Waals surface area contributed by atoms with E-state index < -0.39 is 0 Å². The summed E-state index contributed by atoms with van der Waals surface area (Å²) in [4.78, 5) is 13.5. The molecule has 0 aliphatic carbocycles. The third kappa shape index (κ3) is 1.95. The fourth-order valence-corrected chi connectivity index (χ4v) is 2.12. The summed E-state index contributed by atoms with van der Waals surface area (Å²) < 4.78 is 5.40. The van der Waals surface area contributed by atoms with Crippen molar-refractivity contribution in [2.45, 2.75) is 6.10 Å². The van der Waals surface area contributed by atoms with Crippen LogP contribution in [-0.4, -0.2) is 12.6 Å². The van der Waals surface area contributed by atoms with Crippen LogP contribution in [-0.2, 0) is 4.74 Å². The summed E-state index contributed by atoms with van der Waals surface area (Å²) in [6.07, 6.45) is -0.464. The Balaban J connectivity index is 1.83. The monoisotopic (exact) mass is 239 g/mol. The van der Waals surface area contributed by atoms with Crippen LogP contribution in [0, 0.1) is 0 Å². The van der Waals surface area contributed by atoms with Crippen molar-refractivity contribution < 1.29 is 9.53 Å². The topological polar surface area (TPSA) is 29.5 Å². The number of carbonyl (C=O) groups is 1. The van der Waals surface area contributed by atoms with Gasteiger partial charge in [0, 0.05) is 5.69 Å². The summed E-state index contributed by atoms with van der Waals surface area (Å²) in [6, 6.07) is 19.4. The van der Waals surface area contributed by atoms with Gasteiger partial charge in [-0.3, -0.25) is 4.90 Å². The lowest BCUT2D eigenvalue weighted by Crippen LogP contribution is -2.23. The summed E-state index contributed by atoms with van der Waals surface area (Å²) in [5, 5.41) is 0. The van der Waals surface area contributed by atoms with E-state index in [0.29, 0.717) is 6.54 Å². The number of hydrogen-bond acceptors (Lipinski definition) is 2. The molecule has 1 aliphatic heterocycles. The molecular formula is C15H13NO2. The number of benzene rings is 2. The quantitative estimate of drug-likeness (QED) is 0.804. The Hall–Kier alpha value is -2.29. The van der Waals surface area contributed by atoms with Crippen LogP contribution in [0.1, 0.15) is 11.7 Å². The van der Waals surface area contributed by atoms with Crippen LogP contribution in [0.15, 0.2) is 60.7 Å². The van der Waals surface area contributed by atoms with Gasteiger partial charge in [0.25, 0.3) is 0 Å². The van der Waals surface area contributed by atoms with E-state index in [-0.39, 0.29) is 12.2 Å². The number of hydrogen-bond donors (Lipinski definition) is 0. The van der Waals surface area contributed by atoms with E-state index in [0.717, 1.165) is 11.3 Å². The molecule has 3 rings (SSSR count). The van der Waals surface area contributed by atoms with Crippen LogP contribution in [0.4, 0.5) is 10.5 Å². The summed E-state index contributed by atoms with van der Waals surface area (Å²) >= 11 is 0. The molecule has 90 valence electrons. The molecule has 1 heterocycles. The minimum atomic E-state index is -0.282. The third-order valence-corrected chi connectivity index (χ3v) is 3.05. The maximum atomic E-state index is 11.9. The van der Waals surface area contributed by atoms with Crippen molar-refractivity contribution in [3.8, 4) is 0 Å². The van der Waals surface area contributed by atoms with Gasteiger partial charge in [-0.1, -0.05) is 48.5 Å². The first-order valence-electron chi connectivity index (χ1n) is 5.93. The fraction of sp³-hybridized carbons (Fsp3) is 0.133. The van der Waals surface area contributed by atoms with Crippen LogP contribution >= 0.6 is 0 Å². The highest BCUT2D eigenvalue weighted by atomic mass is 16.6. The number of rotatable bonds is 2. The molecule has 1 aliphatic rings. The van der Waals surface area contributed by atoms with Gasteiger partial charge in [-0.05, 0) is 17.7 Å². The lowest BCUT2D eigenvalue weighted by molar-refractivity contribution is 0.142. The van der Waals surface area contributed by atoms with Gasteiger partial charge in [0.05, 0.1) is 6.54 Å². The Bertz CT molecular complexity index is 539. The number of ether oxygens (including phenoxy) is 1. The number of amides is 1. The average Bonchev–Trinajstić information content (AvgIpc) is 2.83. The summed E-state index contributed by atoms with van der Waals surface area (Å²) in [5.74, 6) is 0. The van der Waals surface area contributed by atoms with Gasteiger partial charge in [-0.15, -0.1) is 0 Å². The minimum Gasteiger partial charge on any atom is -0.439 e. The Morgan fingerprint density at radius 2 is 1.56 bits per heavy atom. The molecule has 0 bridgehead atoms. The van der Waals surface area contributed by atoms with E-state index in [2.05, 4.69) is 0 Å². The molecule has 1 saturated heterocycles. The van der Waals surface area contributed by atoms with E-state index >= 15 is 0 Å². The second kappa shape index (κ2) is 4.53. The first-order chi connectivity index (χ1) is 8.84. The maximum absolute atomic E-state index is 11.9. The molecule has 1 amide bonds. The van der Waals surface area contributed by atoms with Gasteiger partial charge in [0.15, 0.2) is 0 Å². The van der Waals surface area contributed by atoms with Gasteiger partial charge in [-0.2, -0.15) is 0 Å². The van der Waals surface area contributed by atoms with Gasteiger partial charge in [0.1, 0.15) is 6.10 Å². The number of anilines is 1. The van der Waals surface area contributed by atoms with E-state index in [1.54, 1.807) is 4.90 Å². The first kappa shape index (κ1) is 10.8. The van der Waals surface area contributed by atoms with Crippen molar-refractivity contribution in [3.63, 3.8) is 0 Å². The summed E-state index contributed by atoms with van der Waals surface area (Å²) in [7, 11) is 0. The van der Waals surface area contributed by atoms with Crippen molar-refractivity contribution in [2.24, 2.45) is 0 Å². The third-order valence-electron chi connectivity index (χ3n) is 3.05. The van der Waals surface area contributed by atoms with E-state index in [9.17, 15) is 4.79 Å². The zero-order valence-electron chi connectivity index (χ0n) is 9.82. The largest absolute Gasteiger partial charge is 0.439 e. The van der Waals surface area contributed by atoms with Gasteiger partial charge >= 0.3 is 6.09 Å². The van der Waals surface area contributed by atoms with Crippen molar-refractivity contribution >= 4 is 11.8 Å².